The fourth-order valence-electron chi connectivity index (χ4n) is 5.08. The lowest BCUT2D eigenvalue weighted by Crippen LogP contribution is -2.36. The van der Waals surface area contributed by atoms with Gasteiger partial charge in [-0.05, 0) is 87.8 Å². The van der Waals surface area contributed by atoms with Gasteiger partial charge in [0.1, 0.15) is 23.8 Å². The van der Waals surface area contributed by atoms with Gasteiger partial charge in [0.2, 0.25) is 0 Å². The standard InChI is InChI=1S/C33H42ClN3O4/c1-23-11-13-26(40-20-19-39-4)22-28(23)27-14-16-30(33(38)35-25-9-6-5-7-10-25)36-32(27)24-12-15-29(34)31(21-24)41-18-8-17-37(2)3/h11-16,21-22,25H,5-10,17-20H2,1-4H3,(H,35,38). The van der Waals surface area contributed by atoms with Crippen LogP contribution in [-0.2, 0) is 4.74 Å². The van der Waals surface area contributed by atoms with E-state index in [9.17, 15) is 4.79 Å². The van der Waals surface area contributed by atoms with E-state index < -0.39 is 0 Å². The topological polar surface area (TPSA) is 72.9 Å². The van der Waals surface area contributed by atoms with E-state index in [1.54, 1.807) is 7.11 Å². The van der Waals surface area contributed by atoms with Gasteiger partial charge in [0.05, 0.1) is 23.9 Å². The zero-order valence-electron chi connectivity index (χ0n) is 24.7. The minimum absolute atomic E-state index is 0.146. The number of pyridine rings is 1. The number of carbonyl (C=O) groups is 1. The zero-order valence-corrected chi connectivity index (χ0v) is 25.4. The third-order valence-corrected chi connectivity index (χ3v) is 7.65. The molecule has 8 heteroatoms. The largest absolute Gasteiger partial charge is 0.492 e. The molecule has 0 atom stereocenters. The molecule has 0 aliphatic heterocycles. The zero-order chi connectivity index (χ0) is 29.2. The first kappa shape index (κ1) is 30.8. The summed E-state index contributed by atoms with van der Waals surface area (Å²) in [4.78, 5) is 20.4. The highest BCUT2D eigenvalue weighted by molar-refractivity contribution is 6.32. The summed E-state index contributed by atoms with van der Waals surface area (Å²) in [5.74, 6) is 1.20. The summed E-state index contributed by atoms with van der Waals surface area (Å²) < 4.78 is 17.1. The van der Waals surface area contributed by atoms with Gasteiger partial charge in [0.25, 0.3) is 5.91 Å². The number of hydrogen-bond acceptors (Lipinski definition) is 6. The van der Waals surface area contributed by atoms with Crippen LogP contribution >= 0.6 is 11.6 Å². The van der Waals surface area contributed by atoms with Crippen LogP contribution in [0.4, 0.5) is 0 Å². The van der Waals surface area contributed by atoms with Crippen LogP contribution in [0.5, 0.6) is 11.5 Å². The summed E-state index contributed by atoms with van der Waals surface area (Å²) in [6, 6.07) is 15.7. The number of methoxy groups -OCH3 is 1. The molecule has 1 aromatic heterocycles. The second-order valence-corrected chi connectivity index (χ2v) is 11.3. The van der Waals surface area contributed by atoms with Crippen LogP contribution in [0.25, 0.3) is 22.4 Å². The minimum atomic E-state index is -0.146. The van der Waals surface area contributed by atoms with Crippen molar-refractivity contribution in [2.75, 3.05) is 47.6 Å². The van der Waals surface area contributed by atoms with Crippen LogP contribution in [0.1, 0.15) is 54.6 Å². The van der Waals surface area contributed by atoms with Crippen molar-refractivity contribution in [3.8, 4) is 33.9 Å². The van der Waals surface area contributed by atoms with Gasteiger partial charge in [-0.2, -0.15) is 0 Å². The van der Waals surface area contributed by atoms with Crippen LogP contribution in [0.3, 0.4) is 0 Å². The number of ether oxygens (including phenoxy) is 3. The number of amides is 1. The van der Waals surface area contributed by atoms with Crippen molar-refractivity contribution in [1.29, 1.82) is 0 Å². The molecule has 4 rings (SSSR count). The van der Waals surface area contributed by atoms with Crippen LogP contribution < -0.4 is 14.8 Å². The Bertz CT molecular complexity index is 1310. The summed E-state index contributed by atoms with van der Waals surface area (Å²) >= 11 is 6.53. The molecule has 1 N–H and O–H groups in total. The predicted octanol–water partition coefficient (Wildman–Crippen LogP) is 6.80. The first-order chi connectivity index (χ1) is 19.9. The number of aromatic nitrogens is 1. The number of aryl methyl sites for hydroxylation is 1. The molecule has 0 saturated heterocycles. The molecule has 3 aromatic rings. The summed E-state index contributed by atoms with van der Waals surface area (Å²) in [6.45, 7) is 4.48. The number of nitrogens with zero attached hydrogens (tertiary/aromatic N) is 2. The van der Waals surface area contributed by atoms with Crippen LogP contribution in [0.2, 0.25) is 5.02 Å². The maximum Gasteiger partial charge on any atom is 0.270 e. The lowest BCUT2D eigenvalue weighted by molar-refractivity contribution is 0.0923. The van der Waals surface area contributed by atoms with E-state index >= 15 is 0 Å². The maximum atomic E-state index is 13.3. The van der Waals surface area contributed by atoms with E-state index in [-0.39, 0.29) is 11.9 Å². The smallest absolute Gasteiger partial charge is 0.270 e. The highest BCUT2D eigenvalue weighted by atomic mass is 35.5. The molecule has 1 saturated carbocycles. The van der Waals surface area contributed by atoms with Crippen molar-refractivity contribution in [3.05, 3.63) is 64.8 Å². The van der Waals surface area contributed by atoms with Gasteiger partial charge in [-0.25, -0.2) is 4.98 Å². The second kappa shape index (κ2) is 15.2. The van der Waals surface area contributed by atoms with E-state index in [4.69, 9.17) is 30.8 Å². The molecule has 220 valence electrons. The fourth-order valence-corrected chi connectivity index (χ4v) is 5.25. The summed E-state index contributed by atoms with van der Waals surface area (Å²) in [6.07, 6.45) is 6.42. The van der Waals surface area contributed by atoms with Crippen LogP contribution in [0.15, 0.2) is 48.5 Å². The van der Waals surface area contributed by atoms with Crippen molar-refractivity contribution in [2.45, 2.75) is 51.5 Å². The molecule has 2 aromatic carbocycles. The number of carbonyl (C=O) groups excluding carboxylic acids is 1. The first-order valence-corrected chi connectivity index (χ1v) is 14.9. The van der Waals surface area contributed by atoms with Crippen molar-refractivity contribution in [3.63, 3.8) is 0 Å². The lowest BCUT2D eigenvalue weighted by Gasteiger charge is -2.23. The highest BCUT2D eigenvalue weighted by Crippen LogP contribution is 2.38. The van der Waals surface area contributed by atoms with E-state index in [1.807, 2.05) is 62.6 Å². The normalized spacial score (nSPS) is 13.8. The number of hydrogen-bond donors (Lipinski definition) is 1. The van der Waals surface area contributed by atoms with Crippen LogP contribution in [0, 0.1) is 6.92 Å². The number of nitrogens with one attached hydrogen (secondary N) is 1. The number of rotatable bonds is 13. The Morgan fingerprint density at radius 3 is 2.54 bits per heavy atom. The Morgan fingerprint density at radius 2 is 1.78 bits per heavy atom. The number of halogens is 1. The second-order valence-electron chi connectivity index (χ2n) is 10.9. The van der Waals surface area contributed by atoms with Gasteiger partial charge in [0.15, 0.2) is 0 Å². The Labute approximate surface area is 249 Å². The SMILES string of the molecule is COCCOc1ccc(C)c(-c2ccc(C(=O)NC3CCCCC3)nc2-c2ccc(Cl)c(OCCCN(C)C)c2)c1. The summed E-state index contributed by atoms with van der Waals surface area (Å²) in [7, 11) is 5.73. The molecule has 1 amide bonds. The fraction of sp³-hybridized carbons (Fsp3) is 0.455. The molecular formula is C33H42ClN3O4. The van der Waals surface area contributed by atoms with Gasteiger partial charge in [-0.3, -0.25) is 4.79 Å². The molecule has 0 spiro atoms. The van der Waals surface area contributed by atoms with Gasteiger partial charge in [0, 0.05) is 30.8 Å². The Kier molecular flexibility index (Phi) is 11.4. The maximum absolute atomic E-state index is 13.3. The van der Waals surface area contributed by atoms with Gasteiger partial charge < -0.3 is 24.4 Å². The lowest BCUT2D eigenvalue weighted by atomic mass is 9.94. The quantitative estimate of drug-likeness (QED) is 0.225. The highest BCUT2D eigenvalue weighted by Gasteiger charge is 2.21. The molecular weight excluding hydrogens is 538 g/mol. The molecule has 1 aliphatic rings. The molecule has 1 heterocycles. The molecule has 0 bridgehead atoms. The van der Waals surface area contributed by atoms with Crippen molar-refractivity contribution in [2.24, 2.45) is 0 Å². The van der Waals surface area contributed by atoms with Crippen molar-refractivity contribution < 1.29 is 19.0 Å². The average Bonchev–Trinajstić information content (AvgIpc) is 2.97. The molecule has 7 nitrogen and oxygen atoms in total. The molecule has 1 aliphatic carbocycles. The molecule has 0 radical (unpaired) electrons. The van der Waals surface area contributed by atoms with E-state index in [2.05, 4.69) is 17.1 Å². The predicted molar refractivity (Wildman–Crippen MR) is 165 cm³/mol. The van der Waals surface area contributed by atoms with Crippen molar-refractivity contribution >= 4 is 17.5 Å². The monoisotopic (exact) mass is 579 g/mol. The molecule has 41 heavy (non-hydrogen) atoms. The minimum Gasteiger partial charge on any atom is -0.492 e. The molecule has 0 unspecified atom stereocenters. The van der Waals surface area contributed by atoms with Crippen LogP contribution in [-0.4, -0.2) is 69.4 Å². The molecule has 1 fully saturated rings. The number of benzene rings is 2. The third-order valence-electron chi connectivity index (χ3n) is 7.34. The Hall–Kier alpha value is -3.13. The van der Waals surface area contributed by atoms with Gasteiger partial charge in [-0.1, -0.05) is 43.0 Å². The van der Waals surface area contributed by atoms with Gasteiger partial charge >= 0.3 is 0 Å². The Balaban J connectivity index is 1.71. The first-order valence-electron chi connectivity index (χ1n) is 14.5. The van der Waals surface area contributed by atoms with Gasteiger partial charge in [-0.15, -0.1) is 0 Å². The van der Waals surface area contributed by atoms with E-state index in [1.165, 1.54) is 6.42 Å². The van der Waals surface area contributed by atoms with E-state index in [0.29, 0.717) is 42.0 Å². The van der Waals surface area contributed by atoms with E-state index in [0.717, 1.165) is 66.7 Å². The third kappa shape index (κ3) is 8.68. The summed E-state index contributed by atoms with van der Waals surface area (Å²) in [5.41, 5.74) is 4.85. The Morgan fingerprint density at radius 1 is 0.976 bits per heavy atom. The summed E-state index contributed by atoms with van der Waals surface area (Å²) in [5, 5.41) is 3.74. The average molecular weight is 580 g/mol. The van der Waals surface area contributed by atoms with Crippen molar-refractivity contribution in [1.82, 2.24) is 15.2 Å².